The zero-order valence-corrected chi connectivity index (χ0v) is 25.3. The highest BCUT2D eigenvalue weighted by molar-refractivity contribution is 6.47. The van der Waals surface area contributed by atoms with Crippen molar-refractivity contribution >= 4 is 36.2 Å². The van der Waals surface area contributed by atoms with Gasteiger partial charge in [0.05, 0.1) is 40.9 Å². The number of benzene rings is 1. The molecule has 38 heavy (non-hydrogen) atoms. The van der Waals surface area contributed by atoms with E-state index < -0.39 is 0 Å². The second-order valence-electron chi connectivity index (χ2n) is 13.5. The first kappa shape index (κ1) is 28.7. The Balaban J connectivity index is 1.38. The zero-order valence-electron chi connectivity index (χ0n) is 23.8. The Bertz CT molecular complexity index is 1060. The number of nitrogens with zero attached hydrogens (tertiary/aromatic N) is 1. The second kappa shape index (κ2) is 10.5. The van der Waals surface area contributed by atoms with Crippen molar-refractivity contribution in [3.63, 3.8) is 0 Å². The SMILES string of the molecule is CC(C)C[C@@H](B1O[C@@H]2C[C@@H]3C[C@@H](C3(C)C)[C@]2(C)O1)N1OCCC1[C@@H](NC(=O)c1cc(Cl)ccc1Cl)C(C)C. The number of carbonyl (C=O) groups excluding carboxylic acids is 1. The van der Waals surface area contributed by atoms with Crippen LogP contribution in [0.2, 0.25) is 10.0 Å². The molecule has 1 unspecified atom stereocenters. The maximum atomic E-state index is 13.4. The molecule has 6 rings (SSSR count). The number of hydroxylamine groups is 2. The fourth-order valence-electron chi connectivity index (χ4n) is 7.67. The quantitative estimate of drug-likeness (QED) is 0.368. The van der Waals surface area contributed by atoms with Crippen LogP contribution < -0.4 is 5.32 Å². The van der Waals surface area contributed by atoms with Crippen LogP contribution in [0.1, 0.15) is 84.5 Å². The maximum Gasteiger partial charge on any atom is 0.478 e. The summed E-state index contributed by atoms with van der Waals surface area (Å²) in [4.78, 5) is 19.7. The van der Waals surface area contributed by atoms with Gasteiger partial charge in [-0.2, -0.15) is 5.06 Å². The van der Waals surface area contributed by atoms with Crippen molar-refractivity contribution in [3.05, 3.63) is 33.8 Å². The number of halogens is 2. The van der Waals surface area contributed by atoms with Gasteiger partial charge < -0.3 is 14.6 Å². The van der Waals surface area contributed by atoms with E-state index in [-0.39, 0.29) is 48.7 Å². The van der Waals surface area contributed by atoms with E-state index >= 15 is 0 Å². The molecule has 2 aliphatic heterocycles. The lowest BCUT2D eigenvalue weighted by Crippen LogP contribution is -2.65. The van der Waals surface area contributed by atoms with E-state index in [2.05, 4.69) is 58.8 Å². The minimum absolute atomic E-state index is 0.0200. The fourth-order valence-corrected chi connectivity index (χ4v) is 8.05. The number of amides is 1. The van der Waals surface area contributed by atoms with Gasteiger partial charge in [-0.05, 0) is 79.9 Å². The van der Waals surface area contributed by atoms with Crippen molar-refractivity contribution in [1.29, 1.82) is 0 Å². The lowest BCUT2D eigenvalue weighted by Gasteiger charge is -2.64. The van der Waals surface area contributed by atoms with Crippen LogP contribution in [0.25, 0.3) is 0 Å². The monoisotopic (exact) mass is 564 g/mol. The molecule has 3 aliphatic carbocycles. The summed E-state index contributed by atoms with van der Waals surface area (Å²) in [7, 11) is -0.367. The summed E-state index contributed by atoms with van der Waals surface area (Å²) in [5.41, 5.74) is 0.399. The van der Waals surface area contributed by atoms with Gasteiger partial charge in [-0.1, -0.05) is 64.7 Å². The molecule has 1 N–H and O–H groups in total. The van der Waals surface area contributed by atoms with E-state index in [0.29, 0.717) is 45.4 Å². The van der Waals surface area contributed by atoms with Crippen molar-refractivity contribution in [1.82, 2.24) is 10.4 Å². The molecule has 7 atom stereocenters. The summed E-state index contributed by atoms with van der Waals surface area (Å²) < 4.78 is 13.7. The van der Waals surface area contributed by atoms with Crippen LogP contribution in [0.4, 0.5) is 0 Å². The molecule has 1 amide bonds. The van der Waals surface area contributed by atoms with Gasteiger partial charge in [0.25, 0.3) is 5.91 Å². The minimum atomic E-state index is -0.367. The van der Waals surface area contributed by atoms with Crippen LogP contribution in [0.15, 0.2) is 18.2 Å². The molecular formula is C29H43BCl2N2O4. The number of nitrogens with one attached hydrogen (secondary N) is 1. The largest absolute Gasteiger partial charge is 0.478 e. The standard InChI is InChI=1S/C29H43BCl2N2O4/c1-16(2)12-25(30-37-24-14-18-13-23(28(18,5)6)29(24,7)38-30)34-22(10-11-36-34)26(17(3)4)33-27(35)20-15-19(31)8-9-21(20)32/h8-9,15-18,22-26H,10-14H2,1-7H3,(H,33,35)/t18-,22?,23-,24+,25-,26-,29-/m0/s1. The summed E-state index contributed by atoms with van der Waals surface area (Å²) in [6.45, 7) is 16.4. The molecule has 0 aromatic heterocycles. The molecule has 210 valence electrons. The van der Waals surface area contributed by atoms with E-state index in [0.717, 1.165) is 19.3 Å². The van der Waals surface area contributed by atoms with Crippen LogP contribution in [0.3, 0.4) is 0 Å². The van der Waals surface area contributed by atoms with Crippen LogP contribution in [-0.4, -0.2) is 54.4 Å². The smallest absolute Gasteiger partial charge is 0.404 e. The first-order valence-corrected chi connectivity index (χ1v) is 15.1. The van der Waals surface area contributed by atoms with E-state index in [4.69, 9.17) is 37.3 Å². The van der Waals surface area contributed by atoms with Crippen LogP contribution in [0.5, 0.6) is 0 Å². The van der Waals surface area contributed by atoms with E-state index in [1.54, 1.807) is 18.2 Å². The lowest BCUT2D eigenvalue weighted by molar-refractivity contribution is -0.200. The Morgan fingerprint density at radius 2 is 1.92 bits per heavy atom. The number of hydrogen-bond acceptors (Lipinski definition) is 5. The summed E-state index contributed by atoms with van der Waals surface area (Å²) in [5.74, 6) is 1.50. The summed E-state index contributed by atoms with van der Waals surface area (Å²) in [6, 6.07) is 4.80. The van der Waals surface area contributed by atoms with Gasteiger partial charge in [-0.25, -0.2) is 0 Å². The van der Waals surface area contributed by atoms with Gasteiger partial charge in [-0.15, -0.1) is 0 Å². The Hall–Kier alpha value is -0.825. The molecular weight excluding hydrogens is 522 g/mol. The maximum absolute atomic E-state index is 13.4. The van der Waals surface area contributed by atoms with Crippen LogP contribution in [0, 0.1) is 29.1 Å². The average Bonchev–Trinajstić information content (AvgIpc) is 3.45. The average molecular weight is 565 g/mol. The third-order valence-corrected chi connectivity index (χ3v) is 10.5. The number of carbonyl (C=O) groups is 1. The number of hydrogen-bond donors (Lipinski definition) is 1. The first-order valence-electron chi connectivity index (χ1n) is 14.3. The lowest BCUT2D eigenvalue weighted by atomic mass is 9.43. The molecule has 1 aromatic carbocycles. The Labute approximate surface area is 238 Å². The van der Waals surface area contributed by atoms with Gasteiger partial charge in [0, 0.05) is 11.1 Å². The molecule has 2 saturated heterocycles. The van der Waals surface area contributed by atoms with Crippen molar-refractivity contribution in [2.45, 2.75) is 104 Å². The van der Waals surface area contributed by atoms with Crippen molar-refractivity contribution in [3.8, 4) is 0 Å². The van der Waals surface area contributed by atoms with Crippen LogP contribution >= 0.6 is 23.2 Å². The van der Waals surface area contributed by atoms with Gasteiger partial charge in [0.2, 0.25) is 0 Å². The Morgan fingerprint density at radius 3 is 2.58 bits per heavy atom. The summed E-state index contributed by atoms with van der Waals surface area (Å²) in [5, 5.41) is 6.24. The molecule has 2 bridgehead atoms. The molecule has 3 saturated carbocycles. The molecule has 9 heteroatoms. The van der Waals surface area contributed by atoms with Gasteiger partial charge in [0.1, 0.15) is 0 Å². The van der Waals surface area contributed by atoms with Crippen molar-refractivity contribution in [2.75, 3.05) is 6.61 Å². The summed E-state index contributed by atoms with van der Waals surface area (Å²) >= 11 is 12.5. The third kappa shape index (κ3) is 4.94. The predicted octanol–water partition coefficient (Wildman–Crippen LogP) is 6.44. The molecule has 0 spiro atoms. The molecule has 1 aromatic rings. The molecule has 6 nitrogen and oxygen atoms in total. The highest BCUT2D eigenvalue weighted by Gasteiger charge is 2.69. The molecule has 5 aliphatic rings. The Kier molecular flexibility index (Phi) is 7.96. The Morgan fingerprint density at radius 1 is 1.18 bits per heavy atom. The van der Waals surface area contributed by atoms with E-state index in [9.17, 15) is 4.79 Å². The second-order valence-corrected chi connectivity index (χ2v) is 14.3. The molecule has 2 heterocycles. The van der Waals surface area contributed by atoms with Crippen molar-refractivity contribution < 1.29 is 18.9 Å². The first-order chi connectivity index (χ1) is 17.8. The van der Waals surface area contributed by atoms with Crippen LogP contribution in [-0.2, 0) is 14.1 Å². The van der Waals surface area contributed by atoms with E-state index in [1.807, 2.05) is 0 Å². The predicted molar refractivity (Wildman–Crippen MR) is 152 cm³/mol. The van der Waals surface area contributed by atoms with Gasteiger partial charge in [-0.3, -0.25) is 9.63 Å². The summed E-state index contributed by atoms with van der Waals surface area (Å²) in [6.07, 6.45) is 4.08. The molecule has 5 fully saturated rings. The fraction of sp³-hybridized carbons (Fsp3) is 0.759. The highest BCUT2D eigenvalue weighted by Crippen LogP contribution is 2.66. The van der Waals surface area contributed by atoms with Crippen molar-refractivity contribution in [2.24, 2.45) is 29.1 Å². The highest BCUT2D eigenvalue weighted by atomic mass is 35.5. The third-order valence-electron chi connectivity index (χ3n) is 9.91. The minimum Gasteiger partial charge on any atom is -0.404 e. The van der Waals surface area contributed by atoms with E-state index in [1.165, 1.54) is 6.42 Å². The topological polar surface area (TPSA) is 60.0 Å². The van der Waals surface area contributed by atoms with Gasteiger partial charge >= 0.3 is 7.12 Å². The number of rotatable bonds is 8. The normalized spacial score (nSPS) is 33.8. The van der Waals surface area contributed by atoms with Gasteiger partial charge in [0.15, 0.2) is 0 Å². The molecule has 0 radical (unpaired) electrons. The zero-order chi connectivity index (χ0) is 27.6.